The Hall–Kier alpha value is -1.36. The topological polar surface area (TPSA) is 66.4 Å². The van der Waals surface area contributed by atoms with Gasteiger partial charge in [-0.05, 0) is 36.5 Å². The molecule has 3 unspecified atom stereocenters. The third kappa shape index (κ3) is 3.46. The Morgan fingerprint density at radius 1 is 1.29 bits per heavy atom. The molecule has 0 spiro atoms. The van der Waals surface area contributed by atoms with Gasteiger partial charge in [0, 0.05) is 10.5 Å². The van der Waals surface area contributed by atoms with Crippen molar-refractivity contribution in [2.24, 2.45) is 17.3 Å². The van der Waals surface area contributed by atoms with E-state index in [0.29, 0.717) is 0 Å². The number of amides is 1. The van der Waals surface area contributed by atoms with Crippen LogP contribution in [0.5, 0.6) is 0 Å². The lowest BCUT2D eigenvalue weighted by Crippen LogP contribution is -2.36. The number of carboxylic acids is 1. The van der Waals surface area contributed by atoms with Gasteiger partial charge < -0.3 is 10.4 Å². The first kappa shape index (κ1) is 16.0. The third-order valence-electron chi connectivity index (χ3n) is 4.22. The zero-order valence-corrected chi connectivity index (χ0v) is 14.0. The zero-order chi connectivity index (χ0) is 15.8. The molecule has 1 aliphatic rings. The Balaban J connectivity index is 1.91. The fourth-order valence-electron chi connectivity index (χ4n) is 2.95. The fraction of sp³-hybridized carbons (Fsp3) is 0.500. The lowest BCUT2D eigenvalue weighted by Gasteiger charge is -2.14. The van der Waals surface area contributed by atoms with Gasteiger partial charge in [-0.25, -0.2) is 0 Å². The van der Waals surface area contributed by atoms with Crippen LogP contribution < -0.4 is 5.32 Å². The van der Waals surface area contributed by atoms with Crippen LogP contribution in [-0.2, 0) is 16.0 Å². The first-order valence-corrected chi connectivity index (χ1v) is 7.80. The number of nitrogens with one attached hydrogen (secondary N) is 1. The molecule has 0 heterocycles. The second kappa shape index (κ2) is 5.79. The lowest BCUT2D eigenvalue weighted by atomic mass is 10.1. The summed E-state index contributed by atoms with van der Waals surface area (Å²) in [6.07, 6.45) is 0.726. The van der Waals surface area contributed by atoms with Gasteiger partial charge in [0.25, 0.3) is 0 Å². The van der Waals surface area contributed by atoms with Crippen LogP contribution in [0.4, 0.5) is 0 Å². The van der Waals surface area contributed by atoms with Crippen molar-refractivity contribution in [3.8, 4) is 0 Å². The smallest absolute Gasteiger partial charge is 0.307 e. The summed E-state index contributed by atoms with van der Waals surface area (Å²) >= 11 is 3.39. The molecule has 1 amide bonds. The van der Waals surface area contributed by atoms with E-state index in [2.05, 4.69) is 21.2 Å². The van der Waals surface area contributed by atoms with Crippen molar-refractivity contribution in [1.82, 2.24) is 5.32 Å². The maximum absolute atomic E-state index is 12.2. The summed E-state index contributed by atoms with van der Waals surface area (Å²) in [5, 5.41) is 12.1. The molecule has 0 aromatic heterocycles. The second-order valence-corrected chi connectivity index (χ2v) is 7.27. The van der Waals surface area contributed by atoms with Gasteiger partial charge in [-0.1, -0.05) is 41.9 Å². The second-order valence-electron chi connectivity index (χ2n) is 6.36. The molecule has 5 heteroatoms. The number of halogens is 1. The van der Waals surface area contributed by atoms with E-state index in [1.54, 1.807) is 0 Å². The molecule has 21 heavy (non-hydrogen) atoms. The van der Waals surface area contributed by atoms with Gasteiger partial charge in [0.1, 0.15) is 0 Å². The molecular weight excluding hydrogens is 334 g/mol. The number of aliphatic carboxylic acids is 1. The number of carboxylic acid groups (broad SMARTS) is 1. The molecule has 1 aromatic rings. The van der Waals surface area contributed by atoms with Gasteiger partial charge in [-0.3, -0.25) is 9.59 Å². The lowest BCUT2D eigenvalue weighted by molar-refractivity contribution is -0.140. The summed E-state index contributed by atoms with van der Waals surface area (Å²) < 4.78 is 1.02. The molecule has 3 atom stereocenters. The Labute approximate surface area is 133 Å². The Bertz CT molecular complexity index is 553. The average Bonchev–Trinajstić information content (AvgIpc) is 2.95. The first-order chi connectivity index (χ1) is 9.73. The van der Waals surface area contributed by atoms with Crippen molar-refractivity contribution in [1.29, 1.82) is 0 Å². The maximum atomic E-state index is 12.2. The minimum absolute atomic E-state index is 0.0236. The van der Waals surface area contributed by atoms with Gasteiger partial charge in [0.2, 0.25) is 5.91 Å². The number of carbonyl (C=O) groups excluding carboxylic acids is 1. The maximum Gasteiger partial charge on any atom is 0.307 e. The number of hydrogen-bond donors (Lipinski definition) is 2. The van der Waals surface area contributed by atoms with Crippen molar-refractivity contribution < 1.29 is 14.7 Å². The van der Waals surface area contributed by atoms with E-state index in [4.69, 9.17) is 5.11 Å². The molecule has 0 aliphatic heterocycles. The number of carbonyl (C=O) groups is 2. The van der Waals surface area contributed by atoms with Crippen LogP contribution in [0, 0.1) is 17.3 Å². The summed E-state index contributed by atoms with van der Waals surface area (Å²) in [6, 6.07) is 7.93. The van der Waals surface area contributed by atoms with Gasteiger partial charge >= 0.3 is 5.97 Å². The third-order valence-corrected chi connectivity index (χ3v) is 4.75. The van der Waals surface area contributed by atoms with Crippen LogP contribution in [-0.4, -0.2) is 23.0 Å². The van der Waals surface area contributed by atoms with Crippen molar-refractivity contribution >= 4 is 27.8 Å². The predicted octanol–water partition coefficient (Wildman–Crippen LogP) is 2.85. The van der Waals surface area contributed by atoms with E-state index in [9.17, 15) is 9.59 Å². The summed E-state index contributed by atoms with van der Waals surface area (Å²) in [7, 11) is 0. The van der Waals surface area contributed by atoms with E-state index >= 15 is 0 Å². The monoisotopic (exact) mass is 353 g/mol. The van der Waals surface area contributed by atoms with Gasteiger partial charge in [0.05, 0.1) is 11.8 Å². The van der Waals surface area contributed by atoms with Crippen LogP contribution >= 0.6 is 15.9 Å². The highest BCUT2D eigenvalue weighted by Crippen LogP contribution is 2.58. The van der Waals surface area contributed by atoms with E-state index in [-0.39, 0.29) is 11.9 Å². The van der Waals surface area contributed by atoms with E-state index in [1.807, 2.05) is 45.0 Å². The highest BCUT2D eigenvalue weighted by molar-refractivity contribution is 9.10. The molecule has 114 valence electrons. The quantitative estimate of drug-likeness (QED) is 0.855. The predicted molar refractivity (Wildman–Crippen MR) is 83.8 cm³/mol. The summed E-state index contributed by atoms with van der Waals surface area (Å²) in [6.45, 7) is 5.59. The molecular formula is C16H20BrNO3. The Kier molecular flexibility index (Phi) is 4.42. The summed E-state index contributed by atoms with van der Waals surface area (Å²) in [5.41, 5.74) is 0.684. The largest absolute Gasteiger partial charge is 0.481 e. The fourth-order valence-corrected chi connectivity index (χ4v) is 3.21. The summed E-state index contributed by atoms with van der Waals surface area (Å²) in [4.78, 5) is 23.3. The van der Waals surface area contributed by atoms with Crippen LogP contribution in [0.1, 0.15) is 26.3 Å². The molecule has 1 aliphatic carbocycles. The molecule has 1 fully saturated rings. The highest BCUT2D eigenvalue weighted by Gasteiger charge is 2.65. The van der Waals surface area contributed by atoms with Gasteiger partial charge in [0.15, 0.2) is 0 Å². The standard InChI is InChI=1S/C16H20BrNO3/c1-9(8-10-4-6-11(17)7-5-10)18-14(19)12-13(15(20)21)16(12,2)3/h4-7,9,12-13H,8H2,1-3H3,(H,18,19)(H,20,21). The SMILES string of the molecule is CC(Cc1ccc(Br)cc1)NC(=O)C1C(C(=O)O)C1(C)C. The normalized spacial score (nSPS) is 24.2. The average molecular weight is 354 g/mol. The van der Waals surface area contributed by atoms with E-state index < -0.39 is 23.2 Å². The van der Waals surface area contributed by atoms with Gasteiger partial charge in [-0.15, -0.1) is 0 Å². The number of hydrogen-bond acceptors (Lipinski definition) is 2. The zero-order valence-electron chi connectivity index (χ0n) is 12.4. The summed E-state index contributed by atoms with van der Waals surface area (Å²) in [5.74, 6) is -2.04. The van der Waals surface area contributed by atoms with Crippen LogP contribution in [0.15, 0.2) is 28.7 Å². The molecule has 2 rings (SSSR count). The van der Waals surface area contributed by atoms with E-state index in [1.165, 1.54) is 0 Å². The van der Waals surface area contributed by atoms with Crippen molar-refractivity contribution in [2.45, 2.75) is 33.2 Å². The van der Waals surface area contributed by atoms with E-state index in [0.717, 1.165) is 16.5 Å². The van der Waals surface area contributed by atoms with Crippen LogP contribution in [0.3, 0.4) is 0 Å². The molecule has 0 bridgehead atoms. The number of benzene rings is 1. The highest BCUT2D eigenvalue weighted by atomic mass is 79.9. The minimum atomic E-state index is -0.888. The van der Waals surface area contributed by atoms with Crippen molar-refractivity contribution in [3.05, 3.63) is 34.3 Å². The Morgan fingerprint density at radius 3 is 2.33 bits per heavy atom. The Morgan fingerprint density at radius 2 is 1.86 bits per heavy atom. The van der Waals surface area contributed by atoms with Crippen LogP contribution in [0.2, 0.25) is 0 Å². The molecule has 1 aromatic carbocycles. The molecule has 0 saturated heterocycles. The molecule has 2 N–H and O–H groups in total. The number of rotatable bonds is 5. The van der Waals surface area contributed by atoms with Crippen LogP contribution in [0.25, 0.3) is 0 Å². The first-order valence-electron chi connectivity index (χ1n) is 7.01. The molecule has 4 nitrogen and oxygen atoms in total. The van der Waals surface area contributed by atoms with Crippen molar-refractivity contribution in [2.75, 3.05) is 0 Å². The minimum Gasteiger partial charge on any atom is -0.481 e. The van der Waals surface area contributed by atoms with Crippen molar-refractivity contribution in [3.63, 3.8) is 0 Å². The molecule has 1 saturated carbocycles. The van der Waals surface area contributed by atoms with Gasteiger partial charge in [-0.2, -0.15) is 0 Å². The molecule has 0 radical (unpaired) electrons.